The van der Waals surface area contributed by atoms with Crippen LogP contribution in [0.3, 0.4) is 0 Å². The number of fused-ring (bicyclic) bond motifs is 1. The van der Waals surface area contributed by atoms with Gasteiger partial charge >= 0.3 is 0 Å². The predicted molar refractivity (Wildman–Crippen MR) is 106 cm³/mol. The normalized spacial score (nSPS) is 16.7. The molecular weight excluding hydrogens is 334 g/mol. The highest BCUT2D eigenvalue weighted by Crippen LogP contribution is 2.38. The second-order valence-electron chi connectivity index (χ2n) is 7.36. The number of nitrogens with zero attached hydrogens (tertiary/aromatic N) is 1. The molecule has 1 fully saturated rings. The van der Waals surface area contributed by atoms with E-state index < -0.39 is 5.41 Å². The van der Waals surface area contributed by atoms with Crippen LogP contribution in [0.4, 0.5) is 0 Å². The summed E-state index contributed by atoms with van der Waals surface area (Å²) >= 11 is 0. The van der Waals surface area contributed by atoms with Gasteiger partial charge in [0.15, 0.2) is 0 Å². The second-order valence-corrected chi connectivity index (χ2v) is 7.36. The second kappa shape index (κ2) is 7.28. The van der Waals surface area contributed by atoms with Crippen molar-refractivity contribution in [3.05, 3.63) is 71.9 Å². The van der Waals surface area contributed by atoms with Crippen LogP contribution in [0.2, 0.25) is 0 Å². The number of nitrogens with one attached hydrogen (secondary N) is 2. The van der Waals surface area contributed by atoms with Gasteiger partial charge in [-0.15, -0.1) is 0 Å². The topological polar surface area (TPSA) is 68.7 Å². The van der Waals surface area contributed by atoms with Crippen molar-refractivity contribution >= 4 is 16.8 Å². The summed E-state index contributed by atoms with van der Waals surface area (Å²) in [5.74, 6) is -0.0910. The number of H-pyrrole nitrogens is 1. The Morgan fingerprint density at radius 1 is 1.11 bits per heavy atom. The van der Waals surface area contributed by atoms with Gasteiger partial charge in [0.2, 0.25) is 5.91 Å². The van der Waals surface area contributed by atoms with E-state index in [1.807, 2.05) is 36.5 Å². The number of carbonyl (C=O) groups is 1. The van der Waals surface area contributed by atoms with Gasteiger partial charge in [-0.2, -0.15) is 5.26 Å². The first-order valence-corrected chi connectivity index (χ1v) is 9.54. The number of amides is 1. The minimum Gasteiger partial charge on any atom is -0.361 e. The van der Waals surface area contributed by atoms with E-state index >= 15 is 0 Å². The molecule has 136 valence electrons. The molecule has 3 aromatic rings. The van der Waals surface area contributed by atoms with E-state index in [4.69, 9.17) is 0 Å². The summed E-state index contributed by atoms with van der Waals surface area (Å²) in [7, 11) is 0. The first kappa shape index (κ1) is 17.4. The lowest BCUT2D eigenvalue weighted by Gasteiger charge is -2.23. The van der Waals surface area contributed by atoms with Crippen molar-refractivity contribution in [2.75, 3.05) is 6.54 Å². The molecule has 4 heteroatoms. The van der Waals surface area contributed by atoms with E-state index in [0.29, 0.717) is 19.4 Å². The van der Waals surface area contributed by atoms with Gasteiger partial charge in [-0.25, -0.2) is 0 Å². The number of aromatic amines is 1. The third-order valence-corrected chi connectivity index (χ3v) is 5.77. The maximum Gasteiger partial charge on any atom is 0.240 e. The molecule has 0 spiro atoms. The Morgan fingerprint density at radius 2 is 1.81 bits per heavy atom. The highest BCUT2D eigenvalue weighted by Gasteiger charge is 2.41. The van der Waals surface area contributed by atoms with E-state index in [2.05, 4.69) is 40.6 Å². The molecular formula is C23H23N3O. The van der Waals surface area contributed by atoms with Crippen molar-refractivity contribution in [3.8, 4) is 6.07 Å². The zero-order chi connectivity index (χ0) is 18.7. The van der Waals surface area contributed by atoms with Crippen molar-refractivity contribution in [1.82, 2.24) is 10.3 Å². The Morgan fingerprint density at radius 3 is 2.56 bits per heavy atom. The SMILES string of the molecule is N#CC1(C(=O)NC[C@H](c2ccccc2)c2c[nH]c3ccccc23)CCCC1. The molecule has 0 unspecified atom stereocenters. The minimum absolute atomic E-state index is 0.0310. The highest BCUT2D eigenvalue weighted by atomic mass is 16.2. The Bertz CT molecular complexity index is 978. The van der Waals surface area contributed by atoms with Gasteiger partial charge in [0.05, 0.1) is 6.07 Å². The van der Waals surface area contributed by atoms with Gasteiger partial charge < -0.3 is 10.3 Å². The fourth-order valence-corrected chi connectivity index (χ4v) is 4.21. The summed E-state index contributed by atoms with van der Waals surface area (Å²) in [4.78, 5) is 16.2. The van der Waals surface area contributed by atoms with Crippen LogP contribution in [0.1, 0.15) is 42.7 Å². The fourth-order valence-electron chi connectivity index (χ4n) is 4.21. The molecule has 4 nitrogen and oxygen atoms in total. The third-order valence-electron chi connectivity index (χ3n) is 5.77. The molecule has 0 saturated heterocycles. The highest BCUT2D eigenvalue weighted by molar-refractivity contribution is 5.86. The molecule has 27 heavy (non-hydrogen) atoms. The zero-order valence-corrected chi connectivity index (χ0v) is 15.2. The maximum atomic E-state index is 12.8. The number of carbonyl (C=O) groups excluding carboxylic acids is 1. The van der Waals surface area contributed by atoms with Gasteiger partial charge in [0, 0.05) is 29.6 Å². The Hall–Kier alpha value is -3.06. The van der Waals surface area contributed by atoms with Crippen LogP contribution in [0.5, 0.6) is 0 Å². The zero-order valence-electron chi connectivity index (χ0n) is 15.2. The summed E-state index contributed by atoms with van der Waals surface area (Å²) < 4.78 is 0. The van der Waals surface area contributed by atoms with Crippen molar-refractivity contribution < 1.29 is 4.79 Å². The number of benzene rings is 2. The largest absolute Gasteiger partial charge is 0.361 e. The van der Waals surface area contributed by atoms with Gasteiger partial charge in [-0.3, -0.25) is 4.79 Å². The molecule has 1 aliphatic rings. The molecule has 1 saturated carbocycles. The lowest BCUT2D eigenvalue weighted by atomic mass is 9.86. The Balaban J connectivity index is 1.64. The van der Waals surface area contributed by atoms with Crippen LogP contribution in [-0.2, 0) is 4.79 Å². The van der Waals surface area contributed by atoms with E-state index in [-0.39, 0.29) is 11.8 Å². The molecule has 1 atom stereocenters. The van der Waals surface area contributed by atoms with E-state index in [1.54, 1.807) is 0 Å². The van der Waals surface area contributed by atoms with Crippen molar-refractivity contribution in [1.29, 1.82) is 5.26 Å². The summed E-state index contributed by atoms with van der Waals surface area (Å²) in [5, 5.41) is 13.8. The quantitative estimate of drug-likeness (QED) is 0.706. The fraction of sp³-hybridized carbons (Fsp3) is 0.304. The summed E-state index contributed by atoms with van der Waals surface area (Å²) in [6.45, 7) is 0.480. The van der Waals surface area contributed by atoms with Crippen LogP contribution < -0.4 is 5.32 Å². The minimum atomic E-state index is -0.846. The number of hydrogen-bond acceptors (Lipinski definition) is 2. The van der Waals surface area contributed by atoms with E-state index in [9.17, 15) is 10.1 Å². The smallest absolute Gasteiger partial charge is 0.240 e. The van der Waals surface area contributed by atoms with Crippen LogP contribution in [0.25, 0.3) is 10.9 Å². The van der Waals surface area contributed by atoms with Crippen molar-refractivity contribution in [3.63, 3.8) is 0 Å². The maximum absolute atomic E-state index is 12.8. The Labute approximate surface area is 159 Å². The third kappa shape index (κ3) is 3.21. The van der Waals surface area contributed by atoms with Gasteiger partial charge in [-0.1, -0.05) is 61.4 Å². The number of hydrogen-bond donors (Lipinski definition) is 2. The molecule has 2 aromatic carbocycles. The molecule has 2 N–H and O–H groups in total. The number of nitriles is 1. The van der Waals surface area contributed by atoms with Crippen LogP contribution in [0.15, 0.2) is 60.8 Å². The molecule has 4 rings (SSSR count). The van der Waals surface area contributed by atoms with Crippen LogP contribution in [0, 0.1) is 16.7 Å². The summed E-state index contributed by atoms with van der Waals surface area (Å²) in [6.07, 6.45) is 5.26. The average molecular weight is 357 g/mol. The molecule has 0 radical (unpaired) electrons. The summed E-state index contributed by atoms with van der Waals surface area (Å²) in [6, 6.07) is 20.7. The molecule has 1 aliphatic carbocycles. The van der Waals surface area contributed by atoms with Gasteiger partial charge in [-0.05, 0) is 30.0 Å². The Kier molecular flexibility index (Phi) is 4.68. The summed E-state index contributed by atoms with van der Waals surface area (Å²) in [5.41, 5.74) is 2.56. The standard InChI is InChI=1S/C23H23N3O/c24-16-23(12-6-7-13-23)22(27)26-14-19(17-8-2-1-3-9-17)20-15-25-21-11-5-4-10-18(20)21/h1-5,8-11,15,19,25H,6-7,12-14H2,(H,26,27)/t19-/m1/s1. The lowest BCUT2D eigenvalue weighted by molar-refractivity contribution is -0.127. The van der Waals surface area contributed by atoms with Crippen LogP contribution in [-0.4, -0.2) is 17.4 Å². The number of para-hydroxylation sites is 1. The van der Waals surface area contributed by atoms with E-state index in [1.165, 1.54) is 0 Å². The molecule has 0 bridgehead atoms. The first-order valence-electron chi connectivity index (χ1n) is 9.54. The van der Waals surface area contributed by atoms with Crippen LogP contribution >= 0.6 is 0 Å². The first-order chi connectivity index (χ1) is 13.2. The molecule has 0 aliphatic heterocycles. The van der Waals surface area contributed by atoms with Gasteiger partial charge in [0.1, 0.15) is 5.41 Å². The predicted octanol–water partition coefficient (Wildman–Crippen LogP) is 4.50. The molecule has 1 amide bonds. The van der Waals surface area contributed by atoms with Crippen molar-refractivity contribution in [2.45, 2.75) is 31.6 Å². The van der Waals surface area contributed by atoms with Crippen molar-refractivity contribution in [2.24, 2.45) is 5.41 Å². The molecule has 1 heterocycles. The number of rotatable bonds is 5. The molecule has 1 aromatic heterocycles. The van der Waals surface area contributed by atoms with Gasteiger partial charge in [0.25, 0.3) is 0 Å². The average Bonchev–Trinajstić information content (AvgIpc) is 3.37. The lowest BCUT2D eigenvalue weighted by Crippen LogP contribution is -2.40. The monoisotopic (exact) mass is 357 g/mol. The van der Waals surface area contributed by atoms with E-state index in [0.717, 1.165) is 34.9 Å². The number of aromatic nitrogens is 1.